The van der Waals surface area contributed by atoms with E-state index in [1.165, 1.54) is 28.6 Å². The van der Waals surface area contributed by atoms with Gasteiger partial charge in [0.25, 0.3) is 5.91 Å². The van der Waals surface area contributed by atoms with Crippen molar-refractivity contribution in [3.63, 3.8) is 0 Å². The number of benzene rings is 2. The average molecular weight is 430 g/mol. The number of anilines is 2. The second-order valence-corrected chi connectivity index (χ2v) is 8.99. The molecule has 7 nitrogen and oxygen atoms in total. The number of fused-ring (bicyclic) bond motifs is 1. The number of hydrogen-bond donors (Lipinski definition) is 1. The Balaban J connectivity index is 1.76. The number of nitrogens with zero attached hydrogens (tertiary/aromatic N) is 2. The van der Waals surface area contributed by atoms with Crippen LogP contribution in [-0.4, -0.2) is 44.2 Å². The lowest BCUT2D eigenvalue weighted by molar-refractivity contribution is -0.118. The van der Waals surface area contributed by atoms with Gasteiger partial charge in [0.1, 0.15) is 0 Å². The Morgan fingerprint density at radius 2 is 1.70 bits per heavy atom. The normalized spacial score (nSPS) is 14.0. The van der Waals surface area contributed by atoms with Gasteiger partial charge in [-0.1, -0.05) is 13.8 Å². The summed E-state index contributed by atoms with van der Waals surface area (Å²) in [5.41, 5.74) is 2.92. The van der Waals surface area contributed by atoms with Gasteiger partial charge in [0, 0.05) is 43.0 Å². The molecule has 8 heteroatoms. The molecular formula is C22H27N3O4S. The molecule has 0 saturated heterocycles. The number of nitrogens with one attached hydrogen (secondary N) is 1. The third-order valence-corrected chi connectivity index (χ3v) is 7.38. The van der Waals surface area contributed by atoms with Gasteiger partial charge in [-0.05, 0) is 61.4 Å². The fourth-order valence-electron chi connectivity index (χ4n) is 3.68. The number of carbonyl (C=O) groups is 2. The van der Waals surface area contributed by atoms with Crippen molar-refractivity contribution in [2.24, 2.45) is 0 Å². The molecule has 0 aromatic heterocycles. The molecule has 3 rings (SSSR count). The lowest BCUT2D eigenvalue weighted by atomic mass is 10.0. The Labute approximate surface area is 177 Å². The van der Waals surface area contributed by atoms with Crippen molar-refractivity contribution in [2.75, 3.05) is 29.9 Å². The number of aryl methyl sites for hydroxylation is 1. The van der Waals surface area contributed by atoms with Crippen LogP contribution in [0.2, 0.25) is 0 Å². The van der Waals surface area contributed by atoms with Crippen LogP contribution in [0.5, 0.6) is 0 Å². The highest BCUT2D eigenvalue weighted by atomic mass is 32.2. The van der Waals surface area contributed by atoms with Gasteiger partial charge in [-0.2, -0.15) is 4.31 Å². The fourth-order valence-corrected chi connectivity index (χ4v) is 5.14. The van der Waals surface area contributed by atoms with Crippen molar-refractivity contribution in [1.29, 1.82) is 0 Å². The molecule has 2 aromatic carbocycles. The van der Waals surface area contributed by atoms with E-state index >= 15 is 0 Å². The van der Waals surface area contributed by atoms with Crippen molar-refractivity contribution in [2.45, 2.75) is 38.5 Å². The standard InChI is InChI=1S/C22H27N3O4S/c1-4-24(5-2)30(28,29)19-11-7-16(8-12-19)22(27)23-18-10-13-20-17(15-18)9-14-21(26)25(20)6-3/h7-8,10-13,15H,4-6,9,14H2,1-3H3,(H,23,27). The van der Waals surface area contributed by atoms with Crippen molar-refractivity contribution in [1.82, 2.24) is 4.31 Å². The maximum atomic E-state index is 12.6. The van der Waals surface area contributed by atoms with Crippen LogP contribution >= 0.6 is 0 Å². The molecule has 2 aromatic rings. The third-order valence-electron chi connectivity index (χ3n) is 5.31. The minimum atomic E-state index is -3.56. The number of rotatable bonds is 7. The molecule has 30 heavy (non-hydrogen) atoms. The van der Waals surface area contributed by atoms with Gasteiger partial charge in [-0.3, -0.25) is 9.59 Å². The molecule has 0 atom stereocenters. The summed E-state index contributed by atoms with van der Waals surface area (Å²) in [4.78, 5) is 26.6. The van der Waals surface area contributed by atoms with Crippen LogP contribution in [0.4, 0.5) is 11.4 Å². The maximum absolute atomic E-state index is 12.6. The predicted molar refractivity (Wildman–Crippen MR) is 117 cm³/mol. The first-order valence-electron chi connectivity index (χ1n) is 10.2. The monoisotopic (exact) mass is 429 g/mol. The van der Waals surface area contributed by atoms with Gasteiger partial charge in [0.2, 0.25) is 15.9 Å². The van der Waals surface area contributed by atoms with Gasteiger partial charge >= 0.3 is 0 Å². The van der Waals surface area contributed by atoms with Crippen LogP contribution in [0.1, 0.15) is 43.1 Å². The SMILES string of the molecule is CCN1C(=O)CCc2cc(NC(=O)c3ccc(S(=O)(=O)N(CC)CC)cc3)ccc21. The molecule has 0 unspecified atom stereocenters. The maximum Gasteiger partial charge on any atom is 0.255 e. The molecule has 0 bridgehead atoms. The van der Waals surface area contributed by atoms with Crippen molar-refractivity contribution in [3.8, 4) is 0 Å². The van der Waals surface area contributed by atoms with E-state index in [0.29, 0.717) is 43.7 Å². The first-order valence-corrected chi connectivity index (χ1v) is 11.6. The van der Waals surface area contributed by atoms with Crippen LogP contribution in [-0.2, 0) is 21.2 Å². The van der Waals surface area contributed by atoms with E-state index in [0.717, 1.165) is 11.3 Å². The van der Waals surface area contributed by atoms with Gasteiger partial charge in [0.15, 0.2) is 0 Å². The molecule has 0 saturated carbocycles. The van der Waals surface area contributed by atoms with Gasteiger partial charge in [-0.15, -0.1) is 0 Å². The molecule has 1 N–H and O–H groups in total. The smallest absolute Gasteiger partial charge is 0.255 e. The lowest BCUT2D eigenvalue weighted by Crippen LogP contribution is -2.34. The minimum absolute atomic E-state index is 0.113. The van der Waals surface area contributed by atoms with E-state index in [2.05, 4.69) is 5.32 Å². The quantitative estimate of drug-likeness (QED) is 0.732. The zero-order valence-electron chi connectivity index (χ0n) is 17.5. The van der Waals surface area contributed by atoms with Crippen LogP contribution < -0.4 is 10.2 Å². The summed E-state index contributed by atoms with van der Waals surface area (Å²) < 4.78 is 26.5. The third kappa shape index (κ3) is 4.24. The topological polar surface area (TPSA) is 86.8 Å². The second kappa shape index (κ2) is 8.97. The minimum Gasteiger partial charge on any atom is -0.322 e. The van der Waals surface area contributed by atoms with Crippen LogP contribution in [0.25, 0.3) is 0 Å². The highest BCUT2D eigenvalue weighted by molar-refractivity contribution is 7.89. The molecule has 0 fully saturated rings. The highest BCUT2D eigenvalue weighted by Gasteiger charge is 2.24. The lowest BCUT2D eigenvalue weighted by Gasteiger charge is -2.28. The fraction of sp³-hybridized carbons (Fsp3) is 0.364. The summed E-state index contributed by atoms with van der Waals surface area (Å²) in [6.45, 7) is 6.90. The van der Waals surface area contributed by atoms with Crippen molar-refractivity contribution >= 4 is 33.2 Å². The van der Waals surface area contributed by atoms with Crippen LogP contribution in [0.3, 0.4) is 0 Å². The Morgan fingerprint density at radius 3 is 2.30 bits per heavy atom. The molecule has 1 heterocycles. The first-order chi connectivity index (χ1) is 14.3. The van der Waals surface area contributed by atoms with Gasteiger partial charge in [0.05, 0.1) is 4.90 Å². The van der Waals surface area contributed by atoms with E-state index in [4.69, 9.17) is 0 Å². The van der Waals surface area contributed by atoms with Crippen LogP contribution in [0.15, 0.2) is 47.4 Å². The van der Waals surface area contributed by atoms with Crippen LogP contribution in [0, 0.1) is 0 Å². The zero-order chi connectivity index (χ0) is 21.9. The molecule has 0 aliphatic carbocycles. The van der Waals surface area contributed by atoms with Gasteiger partial charge < -0.3 is 10.2 Å². The Hall–Kier alpha value is -2.71. The second-order valence-electron chi connectivity index (χ2n) is 7.05. The van der Waals surface area contributed by atoms with E-state index in [1.54, 1.807) is 24.8 Å². The largest absolute Gasteiger partial charge is 0.322 e. The summed E-state index contributed by atoms with van der Waals surface area (Å²) in [5.74, 6) is -0.206. The summed E-state index contributed by atoms with van der Waals surface area (Å²) in [5, 5.41) is 2.85. The number of hydrogen-bond acceptors (Lipinski definition) is 4. The highest BCUT2D eigenvalue weighted by Crippen LogP contribution is 2.30. The van der Waals surface area contributed by atoms with Gasteiger partial charge in [-0.25, -0.2) is 8.42 Å². The summed E-state index contributed by atoms with van der Waals surface area (Å²) in [7, 11) is -3.56. The molecule has 2 amide bonds. The van der Waals surface area contributed by atoms with E-state index in [9.17, 15) is 18.0 Å². The molecule has 0 spiro atoms. The first kappa shape index (κ1) is 22.0. The van der Waals surface area contributed by atoms with Crippen molar-refractivity contribution in [3.05, 3.63) is 53.6 Å². The number of sulfonamides is 1. The molecule has 160 valence electrons. The number of carbonyl (C=O) groups excluding carboxylic acids is 2. The molecule has 1 aliphatic rings. The molecule has 0 radical (unpaired) electrons. The Kier molecular flexibility index (Phi) is 6.58. The van der Waals surface area contributed by atoms with Crippen molar-refractivity contribution < 1.29 is 18.0 Å². The molecular weight excluding hydrogens is 402 g/mol. The van der Waals surface area contributed by atoms with E-state index < -0.39 is 10.0 Å². The predicted octanol–water partition coefficient (Wildman–Crippen LogP) is 3.27. The summed E-state index contributed by atoms with van der Waals surface area (Å²) in [6, 6.07) is 11.5. The zero-order valence-corrected chi connectivity index (χ0v) is 18.3. The van der Waals surface area contributed by atoms with E-state index in [-0.39, 0.29) is 16.7 Å². The number of amides is 2. The molecule has 1 aliphatic heterocycles. The Morgan fingerprint density at radius 1 is 1.03 bits per heavy atom. The Bertz CT molecular complexity index is 1040. The summed E-state index contributed by atoms with van der Waals surface area (Å²) in [6.07, 6.45) is 1.10. The summed E-state index contributed by atoms with van der Waals surface area (Å²) >= 11 is 0. The van der Waals surface area contributed by atoms with E-state index in [1.807, 2.05) is 19.1 Å². The average Bonchev–Trinajstić information content (AvgIpc) is 2.74.